The number of fused-ring (bicyclic) bond motifs is 2. The van der Waals surface area contributed by atoms with Crippen molar-refractivity contribution < 1.29 is 9.59 Å². The summed E-state index contributed by atoms with van der Waals surface area (Å²) in [4.78, 5) is 28.3. The molecule has 2 atom stereocenters. The van der Waals surface area contributed by atoms with Crippen molar-refractivity contribution in [2.75, 3.05) is 0 Å². The van der Waals surface area contributed by atoms with E-state index >= 15 is 0 Å². The molecule has 0 aromatic heterocycles. The van der Waals surface area contributed by atoms with Crippen LogP contribution in [-0.2, 0) is 9.59 Å². The zero-order valence-corrected chi connectivity index (χ0v) is 8.12. The van der Waals surface area contributed by atoms with E-state index in [0.29, 0.717) is 12.3 Å². The van der Waals surface area contributed by atoms with E-state index in [4.69, 9.17) is 0 Å². The third-order valence-electron chi connectivity index (χ3n) is 3.84. The molecule has 14 heavy (non-hydrogen) atoms. The molecule has 0 amide bonds. The molecule has 2 rings (SSSR count). The van der Waals surface area contributed by atoms with Crippen LogP contribution in [0.3, 0.4) is 0 Å². The number of isocyanates is 2. The molecule has 0 N–H and O–H groups in total. The van der Waals surface area contributed by atoms with E-state index in [1.807, 2.05) is 6.92 Å². The maximum atomic E-state index is 10.4. The average molecular weight is 192 g/mol. The van der Waals surface area contributed by atoms with Gasteiger partial charge in [-0.3, -0.25) is 0 Å². The van der Waals surface area contributed by atoms with E-state index in [1.165, 1.54) is 0 Å². The highest BCUT2D eigenvalue weighted by molar-refractivity contribution is 5.41. The first-order chi connectivity index (χ1) is 6.66. The predicted octanol–water partition coefficient (Wildman–Crippen LogP) is 1.56. The molecule has 0 heterocycles. The van der Waals surface area contributed by atoms with E-state index < -0.39 is 5.66 Å². The van der Waals surface area contributed by atoms with Crippen LogP contribution in [0.2, 0.25) is 0 Å². The Labute approximate surface area is 82.1 Å². The normalized spacial score (nSPS) is 44.2. The van der Waals surface area contributed by atoms with Crippen LogP contribution < -0.4 is 0 Å². The summed E-state index contributed by atoms with van der Waals surface area (Å²) in [5, 5.41) is 0. The molecule has 2 bridgehead atoms. The van der Waals surface area contributed by atoms with Crippen LogP contribution in [0.25, 0.3) is 0 Å². The van der Waals surface area contributed by atoms with Crippen molar-refractivity contribution in [2.45, 2.75) is 38.3 Å². The molecule has 2 aliphatic carbocycles. The first-order valence-electron chi connectivity index (χ1n) is 4.84. The minimum Gasteiger partial charge on any atom is -0.211 e. The largest absolute Gasteiger partial charge is 0.237 e. The summed E-state index contributed by atoms with van der Waals surface area (Å²) in [6.45, 7) is 2.04. The standard InChI is InChI=1S/C10H12N2O2/c1-9-3-2-8(4-9)5-10(9,11-6-13)12-7-14/h8H,2-5H2,1H3. The Morgan fingerprint density at radius 1 is 1.21 bits per heavy atom. The maximum Gasteiger partial charge on any atom is 0.237 e. The summed E-state index contributed by atoms with van der Waals surface area (Å²) in [5.41, 5.74) is -0.980. The van der Waals surface area contributed by atoms with E-state index in [9.17, 15) is 9.59 Å². The van der Waals surface area contributed by atoms with E-state index in [0.717, 1.165) is 19.3 Å². The lowest BCUT2D eigenvalue weighted by Crippen LogP contribution is -2.39. The van der Waals surface area contributed by atoms with Gasteiger partial charge < -0.3 is 0 Å². The lowest BCUT2D eigenvalue weighted by Gasteiger charge is -2.35. The molecule has 0 spiro atoms. The molecule has 74 valence electrons. The van der Waals surface area contributed by atoms with Crippen LogP contribution in [0.4, 0.5) is 0 Å². The Morgan fingerprint density at radius 2 is 1.86 bits per heavy atom. The third kappa shape index (κ3) is 1.02. The van der Waals surface area contributed by atoms with Crippen LogP contribution in [0.1, 0.15) is 32.6 Å². The number of hydrogen-bond acceptors (Lipinski definition) is 4. The second-order valence-electron chi connectivity index (χ2n) is 4.60. The van der Waals surface area contributed by atoms with Gasteiger partial charge in [0.2, 0.25) is 12.2 Å². The van der Waals surface area contributed by atoms with Gasteiger partial charge in [0, 0.05) is 5.41 Å². The van der Waals surface area contributed by atoms with Crippen molar-refractivity contribution >= 4 is 12.2 Å². The van der Waals surface area contributed by atoms with Crippen LogP contribution in [0.15, 0.2) is 9.98 Å². The van der Waals surface area contributed by atoms with Gasteiger partial charge >= 0.3 is 0 Å². The molecule has 4 nitrogen and oxygen atoms in total. The van der Waals surface area contributed by atoms with Crippen molar-refractivity contribution in [1.82, 2.24) is 0 Å². The highest BCUT2D eigenvalue weighted by atomic mass is 16.1. The molecule has 2 saturated carbocycles. The number of carbonyl (C=O) groups excluding carboxylic acids is 2. The molecule has 0 aliphatic heterocycles. The summed E-state index contributed by atoms with van der Waals surface area (Å²) >= 11 is 0. The monoisotopic (exact) mass is 192 g/mol. The lowest BCUT2D eigenvalue weighted by molar-refractivity contribution is 0.174. The van der Waals surface area contributed by atoms with Crippen molar-refractivity contribution in [1.29, 1.82) is 0 Å². The Kier molecular flexibility index (Phi) is 1.91. The molecule has 2 fully saturated rings. The Balaban J connectivity index is 2.47. The van der Waals surface area contributed by atoms with Gasteiger partial charge in [-0.2, -0.15) is 9.98 Å². The zero-order valence-electron chi connectivity index (χ0n) is 8.12. The van der Waals surface area contributed by atoms with Gasteiger partial charge in [-0.15, -0.1) is 0 Å². The second-order valence-corrected chi connectivity index (χ2v) is 4.60. The summed E-state index contributed by atoms with van der Waals surface area (Å²) in [5.74, 6) is 0.550. The summed E-state index contributed by atoms with van der Waals surface area (Å²) in [6, 6.07) is 0. The summed E-state index contributed by atoms with van der Waals surface area (Å²) in [7, 11) is 0. The summed E-state index contributed by atoms with van der Waals surface area (Å²) < 4.78 is 0. The topological polar surface area (TPSA) is 58.9 Å². The van der Waals surface area contributed by atoms with Gasteiger partial charge in [0.05, 0.1) is 0 Å². The van der Waals surface area contributed by atoms with Gasteiger partial charge in [0.1, 0.15) is 0 Å². The third-order valence-corrected chi connectivity index (χ3v) is 3.84. The highest BCUT2D eigenvalue weighted by Gasteiger charge is 2.60. The fraction of sp³-hybridized carbons (Fsp3) is 0.800. The van der Waals surface area contributed by atoms with E-state index in [1.54, 1.807) is 12.2 Å². The summed E-state index contributed by atoms with van der Waals surface area (Å²) in [6.07, 6.45) is 6.94. The first-order valence-corrected chi connectivity index (χ1v) is 4.84. The Morgan fingerprint density at radius 3 is 2.21 bits per heavy atom. The minimum atomic E-state index is -0.848. The fourth-order valence-electron chi connectivity index (χ4n) is 3.09. The van der Waals surface area contributed by atoms with E-state index in [-0.39, 0.29) is 5.41 Å². The molecule has 4 heteroatoms. The van der Waals surface area contributed by atoms with Gasteiger partial charge in [-0.05, 0) is 31.6 Å². The van der Waals surface area contributed by atoms with Crippen molar-refractivity contribution in [3.8, 4) is 0 Å². The molecule has 0 saturated heterocycles. The molecular formula is C10H12N2O2. The lowest BCUT2D eigenvalue weighted by atomic mass is 9.77. The number of hydrogen-bond donors (Lipinski definition) is 0. The van der Waals surface area contributed by atoms with Crippen LogP contribution in [0.5, 0.6) is 0 Å². The second kappa shape index (κ2) is 2.88. The van der Waals surface area contributed by atoms with Crippen molar-refractivity contribution in [3.05, 3.63) is 0 Å². The zero-order chi connectivity index (χ0) is 10.2. The van der Waals surface area contributed by atoms with Gasteiger partial charge in [0.15, 0.2) is 5.66 Å². The quantitative estimate of drug-likeness (QED) is 0.492. The SMILES string of the molecule is CC12CCC(C1)CC2(N=C=O)N=C=O. The highest BCUT2D eigenvalue weighted by Crippen LogP contribution is 2.61. The number of rotatable bonds is 2. The Bertz CT molecular complexity index is 335. The Hall–Kier alpha value is -1.24. The van der Waals surface area contributed by atoms with Gasteiger partial charge in [-0.25, -0.2) is 9.59 Å². The average Bonchev–Trinajstić information content (AvgIpc) is 2.59. The van der Waals surface area contributed by atoms with Gasteiger partial charge in [0.25, 0.3) is 0 Å². The molecule has 2 aliphatic rings. The minimum absolute atomic E-state index is 0.132. The maximum absolute atomic E-state index is 10.4. The molecule has 0 aromatic rings. The fourth-order valence-corrected chi connectivity index (χ4v) is 3.09. The van der Waals surface area contributed by atoms with Gasteiger partial charge in [-0.1, -0.05) is 6.92 Å². The van der Waals surface area contributed by atoms with Crippen LogP contribution >= 0.6 is 0 Å². The molecule has 2 unspecified atom stereocenters. The molecular weight excluding hydrogens is 180 g/mol. The van der Waals surface area contributed by atoms with Crippen LogP contribution in [-0.4, -0.2) is 17.8 Å². The van der Waals surface area contributed by atoms with Crippen LogP contribution in [0, 0.1) is 11.3 Å². The smallest absolute Gasteiger partial charge is 0.211 e. The predicted molar refractivity (Wildman–Crippen MR) is 49.0 cm³/mol. The molecule has 0 aromatic carbocycles. The van der Waals surface area contributed by atoms with Crippen molar-refractivity contribution in [2.24, 2.45) is 21.3 Å². The van der Waals surface area contributed by atoms with Crippen molar-refractivity contribution in [3.63, 3.8) is 0 Å². The number of nitrogens with zero attached hydrogens (tertiary/aromatic N) is 2. The first kappa shape index (κ1) is 9.32. The van der Waals surface area contributed by atoms with E-state index in [2.05, 4.69) is 9.98 Å². The molecule has 0 radical (unpaired) electrons. The number of aliphatic imine (C=N–C) groups is 2.